The van der Waals surface area contributed by atoms with E-state index in [4.69, 9.17) is 16.7 Å². The fourth-order valence-corrected chi connectivity index (χ4v) is 1.98. The topological polar surface area (TPSA) is 66.4 Å². The summed E-state index contributed by atoms with van der Waals surface area (Å²) in [5.74, 6) is -0.980. The lowest BCUT2D eigenvalue weighted by Crippen LogP contribution is -2.03. The number of carbonyl (C=O) groups is 2. The van der Waals surface area contributed by atoms with Gasteiger partial charge < -0.3 is 10.4 Å². The molecular weight excluding hydrogens is 230 g/mol. The molecule has 16 heavy (non-hydrogen) atoms. The van der Waals surface area contributed by atoms with Crippen molar-refractivity contribution in [2.45, 2.75) is 18.2 Å². The van der Waals surface area contributed by atoms with Gasteiger partial charge in [-0.15, -0.1) is 11.6 Å². The molecule has 0 aliphatic carbocycles. The Bertz CT molecular complexity index is 459. The molecule has 1 aliphatic rings. The van der Waals surface area contributed by atoms with E-state index in [1.807, 2.05) is 0 Å². The van der Waals surface area contributed by atoms with Crippen molar-refractivity contribution in [2.24, 2.45) is 0 Å². The maximum atomic E-state index is 11.1. The molecule has 1 amide bonds. The highest BCUT2D eigenvalue weighted by Crippen LogP contribution is 2.30. The van der Waals surface area contributed by atoms with E-state index in [-0.39, 0.29) is 12.3 Å². The number of halogens is 1. The van der Waals surface area contributed by atoms with Crippen molar-refractivity contribution in [1.29, 1.82) is 0 Å². The second kappa shape index (κ2) is 4.14. The fraction of sp³-hybridized carbons (Fsp3) is 0.273. The lowest BCUT2D eigenvalue weighted by atomic mass is 10.0. The van der Waals surface area contributed by atoms with Crippen LogP contribution in [0.3, 0.4) is 0 Å². The zero-order valence-electron chi connectivity index (χ0n) is 8.37. The number of carbonyl (C=O) groups excluding carboxylic acids is 1. The van der Waals surface area contributed by atoms with Crippen LogP contribution in [0.2, 0.25) is 0 Å². The van der Waals surface area contributed by atoms with Gasteiger partial charge in [-0.25, -0.2) is 0 Å². The van der Waals surface area contributed by atoms with Gasteiger partial charge in [0.25, 0.3) is 0 Å². The van der Waals surface area contributed by atoms with Crippen LogP contribution in [0.5, 0.6) is 0 Å². The molecule has 2 N–H and O–H groups in total. The van der Waals surface area contributed by atoms with Gasteiger partial charge in [-0.3, -0.25) is 9.59 Å². The van der Waals surface area contributed by atoms with Crippen LogP contribution in [0.25, 0.3) is 0 Å². The molecule has 5 heteroatoms. The summed E-state index contributed by atoms with van der Waals surface area (Å²) in [5.41, 5.74) is 2.39. The van der Waals surface area contributed by atoms with Crippen molar-refractivity contribution in [2.75, 3.05) is 5.32 Å². The number of carboxylic acid groups (broad SMARTS) is 1. The Morgan fingerprint density at radius 2 is 2.31 bits per heavy atom. The number of fused-ring (bicyclic) bond motifs is 1. The number of benzene rings is 1. The Balaban J connectivity index is 2.22. The number of aliphatic carboxylic acids is 1. The van der Waals surface area contributed by atoms with Gasteiger partial charge in [0.05, 0.1) is 18.2 Å². The molecule has 4 nitrogen and oxygen atoms in total. The third kappa shape index (κ3) is 2.17. The molecule has 0 bridgehead atoms. The summed E-state index contributed by atoms with van der Waals surface area (Å²) < 4.78 is 0. The standard InChI is InChI=1S/C11H10ClNO3/c12-8(5-11(15)16)6-1-2-9-7(3-6)4-10(14)13-9/h1-3,8H,4-5H2,(H,13,14)(H,15,16). The normalized spacial score (nSPS) is 15.4. The number of nitrogens with one attached hydrogen (secondary N) is 1. The summed E-state index contributed by atoms with van der Waals surface area (Å²) in [6.07, 6.45) is 0.210. The summed E-state index contributed by atoms with van der Waals surface area (Å²) >= 11 is 5.95. The van der Waals surface area contributed by atoms with Crippen molar-refractivity contribution >= 4 is 29.2 Å². The zero-order valence-corrected chi connectivity index (χ0v) is 9.12. The van der Waals surface area contributed by atoms with Gasteiger partial charge >= 0.3 is 5.97 Å². The molecule has 0 fully saturated rings. The second-order valence-corrected chi connectivity index (χ2v) is 4.23. The first kappa shape index (κ1) is 11.0. The van der Waals surface area contributed by atoms with E-state index >= 15 is 0 Å². The molecule has 1 unspecified atom stereocenters. The van der Waals surface area contributed by atoms with E-state index in [9.17, 15) is 9.59 Å². The number of hydrogen-bond donors (Lipinski definition) is 2. The Morgan fingerprint density at radius 1 is 1.56 bits per heavy atom. The van der Waals surface area contributed by atoms with Gasteiger partial charge in [0.2, 0.25) is 5.91 Å². The zero-order chi connectivity index (χ0) is 11.7. The number of rotatable bonds is 3. The van der Waals surface area contributed by atoms with Crippen molar-refractivity contribution in [3.8, 4) is 0 Å². The minimum absolute atomic E-state index is 0.0449. The quantitative estimate of drug-likeness (QED) is 0.792. The highest BCUT2D eigenvalue weighted by atomic mass is 35.5. The second-order valence-electron chi connectivity index (χ2n) is 3.71. The van der Waals surface area contributed by atoms with E-state index in [1.165, 1.54) is 0 Å². The predicted octanol–water partition coefficient (Wildman–Crippen LogP) is 1.94. The van der Waals surface area contributed by atoms with Gasteiger partial charge in [0, 0.05) is 5.69 Å². The summed E-state index contributed by atoms with van der Waals surface area (Å²) in [6, 6.07) is 5.28. The van der Waals surface area contributed by atoms with Gasteiger partial charge in [0.1, 0.15) is 0 Å². The Hall–Kier alpha value is -1.55. The summed E-state index contributed by atoms with van der Waals surface area (Å²) in [5, 5.41) is 10.8. The molecule has 1 aliphatic heterocycles. The van der Waals surface area contributed by atoms with E-state index < -0.39 is 11.3 Å². The van der Waals surface area contributed by atoms with Crippen molar-refractivity contribution in [1.82, 2.24) is 0 Å². The highest BCUT2D eigenvalue weighted by molar-refractivity contribution is 6.21. The molecule has 0 saturated heterocycles. The molecule has 0 spiro atoms. The van der Waals surface area contributed by atoms with Crippen molar-refractivity contribution in [3.05, 3.63) is 29.3 Å². The number of hydrogen-bond acceptors (Lipinski definition) is 2. The number of amides is 1. The van der Waals surface area contributed by atoms with E-state index in [1.54, 1.807) is 18.2 Å². The monoisotopic (exact) mass is 239 g/mol. The van der Waals surface area contributed by atoms with Gasteiger partial charge in [0.15, 0.2) is 0 Å². The minimum Gasteiger partial charge on any atom is -0.481 e. The maximum absolute atomic E-state index is 11.1. The minimum atomic E-state index is -0.935. The molecule has 1 aromatic carbocycles. The number of anilines is 1. The molecule has 1 atom stereocenters. The molecule has 84 valence electrons. The third-order valence-corrected chi connectivity index (χ3v) is 2.88. The molecule has 1 heterocycles. The third-order valence-electron chi connectivity index (χ3n) is 2.47. The van der Waals surface area contributed by atoms with E-state index in [0.29, 0.717) is 6.42 Å². The van der Waals surface area contributed by atoms with Crippen LogP contribution in [0.15, 0.2) is 18.2 Å². The van der Waals surface area contributed by atoms with Gasteiger partial charge in [-0.05, 0) is 17.2 Å². The summed E-state index contributed by atoms with van der Waals surface area (Å²) in [4.78, 5) is 21.6. The van der Waals surface area contributed by atoms with Crippen LogP contribution < -0.4 is 5.32 Å². The summed E-state index contributed by atoms with van der Waals surface area (Å²) in [6.45, 7) is 0. The van der Waals surface area contributed by atoms with E-state index in [0.717, 1.165) is 16.8 Å². The maximum Gasteiger partial charge on any atom is 0.305 e. The fourth-order valence-electron chi connectivity index (χ4n) is 1.72. The average molecular weight is 240 g/mol. The Kier molecular flexibility index (Phi) is 2.83. The first-order valence-electron chi connectivity index (χ1n) is 4.85. The van der Waals surface area contributed by atoms with Crippen LogP contribution in [0.1, 0.15) is 22.9 Å². The number of alkyl halides is 1. The lowest BCUT2D eigenvalue weighted by Gasteiger charge is -2.08. The van der Waals surface area contributed by atoms with Crippen molar-refractivity contribution in [3.63, 3.8) is 0 Å². The van der Waals surface area contributed by atoms with Gasteiger partial charge in [-0.2, -0.15) is 0 Å². The van der Waals surface area contributed by atoms with Crippen molar-refractivity contribution < 1.29 is 14.7 Å². The molecule has 0 radical (unpaired) electrons. The summed E-state index contributed by atoms with van der Waals surface area (Å²) in [7, 11) is 0. The lowest BCUT2D eigenvalue weighted by molar-refractivity contribution is -0.137. The Morgan fingerprint density at radius 3 is 3.00 bits per heavy atom. The highest BCUT2D eigenvalue weighted by Gasteiger charge is 2.20. The molecular formula is C11H10ClNO3. The predicted molar refractivity (Wildman–Crippen MR) is 59.6 cm³/mol. The first-order chi connectivity index (χ1) is 7.56. The molecule has 0 aromatic heterocycles. The smallest absolute Gasteiger partial charge is 0.305 e. The SMILES string of the molecule is O=C(O)CC(Cl)c1ccc2c(c1)CC(=O)N2. The van der Waals surface area contributed by atoms with E-state index in [2.05, 4.69) is 5.32 Å². The van der Waals surface area contributed by atoms with Crippen LogP contribution in [0.4, 0.5) is 5.69 Å². The largest absolute Gasteiger partial charge is 0.481 e. The molecule has 0 saturated carbocycles. The first-order valence-corrected chi connectivity index (χ1v) is 5.28. The van der Waals surface area contributed by atoms with Crippen LogP contribution in [-0.4, -0.2) is 17.0 Å². The Labute approximate surface area is 97.2 Å². The molecule has 2 rings (SSSR count). The molecule has 1 aromatic rings. The van der Waals surface area contributed by atoms with Crippen LogP contribution in [0, 0.1) is 0 Å². The van der Waals surface area contributed by atoms with Crippen LogP contribution in [-0.2, 0) is 16.0 Å². The van der Waals surface area contributed by atoms with Crippen LogP contribution >= 0.6 is 11.6 Å². The average Bonchev–Trinajstić information content (AvgIpc) is 2.55. The van der Waals surface area contributed by atoms with Gasteiger partial charge in [-0.1, -0.05) is 12.1 Å². The number of carboxylic acids is 1.